The van der Waals surface area contributed by atoms with Gasteiger partial charge in [0, 0.05) is 25.0 Å². The number of carbonyl (C=O) groups excluding carboxylic acids is 1. The summed E-state index contributed by atoms with van der Waals surface area (Å²) in [5.41, 5.74) is 1.69. The van der Waals surface area contributed by atoms with Gasteiger partial charge in [-0.3, -0.25) is 9.78 Å². The molecule has 0 bridgehead atoms. The molecule has 0 radical (unpaired) electrons. The number of hydrogen-bond acceptors (Lipinski definition) is 4. The summed E-state index contributed by atoms with van der Waals surface area (Å²) in [7, 11) is 0. The van der Waals surface area contributed by atoms with Gasteiger partial charge in [-0.2, -0.15) is 0 Å². The van der Waals surface area contributed by atoms with Gasteiger partial charge in [0.1, 0.15) is 5.75 Å². The molecule has 1 heterocycles. The number of aliphatic carboxylic acids is 1. The molecule has 0 spiro atoms. The lowest BCUT2D eigenvalue weighted by atomic mass is 10.1. The third-order valence-electron chi connectivity index (χ3n) is 3.13. The van der Waals surface area contributed by atoms with Gasteiger partial charge in [-0.05, 0) is 35.8 Å². The van der Waals surface area contributed by atoms with Crippen molar-refractivity contribution in [3.63, 3.8) is 0 Å². The Labute approximate surface area is 139 Å². The van der Waals surface area contributed by atoms with Crippen LogP contribution >= 0.6 is 0 Å². The molecule has 0 atom stereocenters. The van der Waals surface area contributed by atoms with Crippen LogP contribution in [0.4, 0.5) is 0 Å². The fourth-order valence-electron chi connectivity index (χ4n) is 2.02. The number of benzene rings is 1. The Bertz CT molecular complexity index is 714. The van der Waals surface area contributed by atoms with Crippen molar-refractivity contribution in [2.75, 3.05) is 13.2 Å². The average molecular weight is 326 g/mol. The third kappa shape index (κ3) is 5.92. The van der Waals surface area contributed by atoms with Crippen molar-refractivity contribution in [1.29, 1.82) is 0 Å². The number of aromatic nitrogens is 1. The fraction of sp³-hybridized carbons (Fsp3) is 0.167. The highest BCUT2D eigenvalue weighted by molar-refractivity contribution is 5.91. The summed E-state index contributed by atoms with van der Waals surface area (Å²) in [5, 5.41) is 11.4. The summed E-state index contributed by atoms with van der Waals surface area (Å²) in [6.07, 6.45) is 7.01. The maximum atomic E-state index is 11.8. The zero-order valence-electron chi connectivity index (χ0n) is 13.0. The van der Waals surface area contributed by atoms with Crippen molar-refractivity contribution in [1.82, 2.24) is 10.3 Å². The van der Waals surface area contributed by atoms with Crippen molar-refractivity contribution in [2.24, 2.45) is 0 Å². The summed E-state index contributed by atoms with van der Waals surface area (Å²) >= 11 is 0. The minimum absolute atomic E-state index is 0.206. The third-order valence-corrected chi connectivity index (χ3v) is 3.13. The molecule has 0 aliphatic carbocycles. The topological polar surface area (TPSA) is 88.5 Å². The van der Waals surface area contributed by atoms with E-state index < -0.39 is 12.6 Å². The van der Waals surface area contributed by atoms with Crippen LogP contribution in [0.3, 0.4) is 0 Å². The standard InChI is InChI=1S/C18H18N2O4/c21-17(8-7-14-4-3-10-19-12-14)20-11-9-15-5-1-2-6-16(15)24-13-18(22)23/h1-8,10,12H,9,11,13H2,(H,20,21)(H,22,23). The molecule has 0 saturated carbocycles. The molecule has 1 amide bonds. The molecule has 0 unspecified atom stereocenters. The SMILES string of the molecule is O=C(O)COc1ccccc1CCNC(=O)C=Cc1cccnc1. The van der Waals surface area contributed by atoms with E-state index in [1.165, 1.54) is 6.08 Å². The molecule has 0 aliphatic rings. The summed E-state index contributed by atoms with van der Waals surface area (Å²) < 4.78 is 5.23. The van der Waals surface area contributed by atoms with Crippen molar-refractivity contribution >= 4 is 18.0 Å². The first-order valence-electron chi connectivity index (χ1n) is 7.43. The number of nitrogens with one attached hydrogen (secondary N) is 1. The number of amides is 1. The van der Waals surface area contributed by atoms with Gasteiger partial charge in [0.25, 0.3) is 0 Å². The van der Waals surface area contributed by atoms with Gasteiger partial charge in [0.2, 0.25) is 5.91 Å². The molecular weight excluding hydrogens is 308 g/mol. The quantitative estimate of drug-likeness (QED) is 0.724. The lowest BCUT2D eigenvalue weighted by molar-refractivity contribution is -0.139. The lowest BCUT2D eigenvalue weighted by Crippen LogP contribution is -2.23. The molecule has 6 nitrogen and oxygen atoms in total. The molecule has 124 valence electrons. The van der Waals surface area contributed by atoms with Gasteiger partial charge in [0.15, 0.2) is 6.61 Å². The number of para-hydroxylation sites is 1. The maximum Gasteiger partial charge on any atom is 0.341 e. The van der Waals surface area contributed by atoms with E-state index in [1.54, 1.807) is 36.7 Å². The smallest absolute Gasteiger partial charge is 0.341 e. The van der Waals surface area contributed by atoms with E-state index in [2.05, 4.69) is 10.3 Å². The van der Waals surface area contributed by atoms with Gasteiger partial charge in [-0.25, -0.2) is 4.79 Å². The molecular formula is C18H18N2O4. The monoisotopic (exact) mass is 326 g/mol. The Hall–Kier alpha value is -3.15. The summed E-state index contributed by atoms with van der Waals surface area (Å²) in [6.45, 7) is 0.0286. The number of hydrogen-bond donors (Lipinski definition) is 2. The lowest BCUT2D eigenvalue weighted by Gasteiger charge is -2.10. The zero-order chi connectivity index (χ0) is 17.2. The number of carbonyl (C=O) groups is 2. The molecule has 2 aromatic rings. The van der Waals surface area contributed by atoms with Crippen LogP contribution in [0.1, 0.15) is 11.1 Å². The molecule has 1 aromatic heterocycles. The number of ether oxygens (including phenoxy) is 1. The normalized spacial score (nSPS) is 10.5. The van der Waals surface area contributed by atoms with Gasteiger partial charge >= 0.3 is 5.97 Å². The van der Waals surface area contributed by atoms with E-state index in [-0.39, 0.29) is 5.91 Å². The molecule has 2 N–H and O–H groups in total. The Kier molecular flexibility index (Phi) is 6.52. The summed E-state index contributed by atoms with van der Waals surface area (Å²) in [6, 6.07) is 10.8. The van der Waals surface area contributed by atoms with Crippen LogP contribution in [-0.2, 0) is 16.0 Å². The minimum Gasteiger partial charge on any atom is -0.482 e. The van der Waals surface area contributed by atoms with Gasteiger partial charge in [-0.15, -0.1) is 0 Å². The molecule has 6 heteroatoms. The molecule has 2 rings (SSSR count). The number of carboxylic acid groups (broad SMARTS) is 1. The van der Waals surface area contributed by atoms with Gasteiger partial charge < -0.3 is 15.2 Å². The van der Waals surface area contributed by atoms with Gasteiger partial charge in [0.05, 0.1) is 0 Å². The average Bonchev–Trinajstić information content (AvgIpc) is 2.60. The van der Waals surface area contributed by atoms with Crippen LogP contribution in [0.5, 0.6) is 5.75 Å². The number of carboxylic acids is 1. The first-order valence-corrected chi connectivity index (χ1v) is 7.43. The second-order valence-electron chi connectivity index (χ2n) is 4.95. The second-order valence-corrected chi connectivity index (χ2v) is 4.95. The Balaban J connectivity index is 1.82. The molecule has 0 aliphatic heterocycles. The van der Waals surface area contributed by atoms with Crippen molar-refractivity contribution in [3.8, 4) is 5.75 Å². The summed E-state index contributed by atoms with van der Waals surface area (Å²) in [5.74, 6) is -0.721. The van der Waals surface area contributed by atoms with Crippen LogP contribution in [0, 0.1) is 0 Å². The van der Waals surface area contributed by atoms with E-state index in [9.17, 15) is 9.59 Å². The number of nitrogens with zero attached hydrogens (tertiary/aromatic N) is 1. The summed E-state index contributed by atoms with van der Waals surface area (Å²) in [4.78, 5) is 26.3. The first-order chi connectivity index (χ1) is 11.6. The Morgan fingerprint density at radius 1 is 1.21 bits per heavy atom. The van der Waals surface area contributed by atoms with Crippen LogP contribution < -0.4 is 10.1 Å². The van der Waals surface area contributed by atoms with Crippen LogP contribution in [0.15, 0.2) is 54.9 Å². The van der Waals surface area contributed by atoms with Crippen LogP contribution in [0.2, 0.25) is 0 Å². The first kappa shape index (κ1) is 17.2. The molecule has 24 heavy (non-hydrogen) atoms. The van der Waals surface area contributed by atoms with E-state index in [1.807, 2.05) is 18.2 Å². The fourth-order valence-corrected chi connectivity index (χ4v) is 2.02. The largest absolute Gasteiger partial charge is 0.482 e. The van der Waals surface area contributed by atoms with Gasteiger partial charge in [-0.1, -0.05) is 24.3 Å². The van der Waals surface area contributed by atoms with E-state index >= 15 is 0 Å². The molecule has 1 aromatic carbocycles. The predicted molar refractivity (Wildman–Crippen MR) is 89.6 cm³/mol. The maximum absolute atomic E-state index is 11.8. The zero-order valence-corrected chi connectivity index (χ0v) is 13.0. The second kappa shape index (κ2) is 9.09. The van der Waals surface area contributed by atoms with Crippen molar-refractivity contribution < 1.29 is 19.4 Å². The van der Waals surface area contributed by atoms with E-state index in [4.69, 9.17) is 9.84 Å². The van der Waals surface area contributed by atoms with Crippen LogP contribution in [0.25, 0.3) is 6.08 Å². The van der Waals surface area contributed by atoms with Crippen molar-refractivity contribution in [2.45, 2.75) is 6.42 Å². The Morgan fingerprint density at radius 3 is 2.79 bits per heavy atom. The number of pyridine rings is 1. The molecule has 0 saturated heterocycles. The van der Waals surface area contributed by atoms with E-state index in [0.717, 1.165) is 11.1 Å². The predicted octanol–water partition coefficient (Wildman–Crippen LogP) is 1.92. The highest BCUT2D eigenvalue weighted by atomic mass is 16.5. The number of rotatable bonds is 8. The minimum atomic E-state index is -1.03. The molecule has 0 fully saturated rings. The van der Waals surface area contributed by atoms with E-state index in [0.29, 0.717) is 18.7 Å². The van der Waals surface area contributed by atoms with Crippen LogP contribution in [-0.4, -0.2) is 35.1 Å². The van der Waals surface area contributed by atoms with Crippen molar-refractivity contribution in [3.05, 3.63) is 66.0 Å². The highest BCUT2D eigenvalue weighted by Crippen LogP contribution is 2.18. The Morgan fingerprint density at radius 2 is 2.04 bits per heavy atom. The highest BCUT2D eigenvalue weighted by Gasteiger charge is 2.05.